The molecular weight excluding hydrogens is 1100 g/mol. The lowest BCUT2D eigenvalue weighted by molar-refractivity contribution is -0.142. The minimum atomic E-state index is -1.64. The Hall–Kier alpha value is -6.33. The van der Waals surface area contributed by atoms with Gasteiger partial charge in [-0.2, -0.15) is 23.5 Å². The monoisotopic (exact) mass is 1190 g/mol. The number of hydrogen-bond donors (Lipinski definition) is 13. The number of aromatic nitrogens is 2. The molecule has 27 nitrogen and oxygen atoms in total. The normalized spacial score (nSPS) is 16.5. The van der Waals surface area contributed by atoms with Gasteiger partial charge in [0.2, 0.25) is 65.0 Å². The van der Waals surface area contributed by atoms with Gasteiger partial charge in [0.1, 0.15) is 54.6 Å². The Labute approximate surface area is 489 Å². The van der Waals surface area contributed by atoms with E-state index in [9.17, 15) is 57.5 Å². The molecule has 1 fully saturated rings. The average molecular weight is 1190 g/mol. The molecule has 0 unspecified atom stereocenters. The standard InChI is InChI=1S/C53H91N15O12S2/c1-29(2)20-37(48(75)60-32(27-69)12-9-10-16-54)64-50(77)39(22-31(5)6)65-51(78)40(25-44(57)71)66-46(73)35(14-18-81-7)61-49(76)38(21-30(3)4)63-47(74)36(15-19-82-8)62-52(79)42-13-11-17-68(42)53(80)41(23-33-26-58-28-59-33)67-45(72)34(55)24-43(56)70/h26-32,34-42H,9-25,54-55H2,1-8H3,(H2,56,70)(H2,57,71)(H,58,59)(H,60,75)(H,61,76)(H,62,79)(H,63,74)(H,64,77)(H,65,78)(H,66,73)(H,67,72)/t32-,34-,35-,36-,37-,38-,39-,40-,41-,42-/m0/s1. The van der Waals surface area contributed by atoms with Gasteiger partial charge in [-0.25, -0.2) is 4.98 Å². The molecule has 29 heteroatoms. The first kappa shape index (κ1) is 71.8. The van der Waals surface area contributed by atoms with Gasteiger partial charge >= 0.3 is 0 Å². The molecule has 1 aliphatic heterocycles. The summed E-state index contributed by atoms with van der Waals surface area (Å²) in [4.78, 5) is 170. The number of hydrogen-bond acceptors (Lipinski definition) is 17. The van der Waals surface area contributed by atoms with Crippen molar-refractivity contribution in [3.63, 3.8) is 0 Å². The zero-order valence-corrected chi connectivity index (χ0v) is 50.3. The Morgan fingerprint density at radius 1 is 0.622 bits per heavy atom. The number of unbranched alkanes of at least 4 members (excludes halogenated alkanes) is 1. The van der Waals surface area contributed by atoms with E-state index in [4.69, 9.17) is 22.9 Å². The van der Waals surface area contributed by atoms with Crippen LogP contribution in [0, 0.1) is 17.8 Å². The first-order chi connectivity index (χ1) is 38.7. The van der Waals surface area contributed by atoms with E-state index in [-0.39, 0.29) is 69.2 Å². The van der Waals surface area contributed by atoms with E-state index in [1.54, 1.807) is 26.4 Å². The summed E-state index contributed by atoms with van der Waals surface area (Å²) in [5.74, 6) is -8.29. The molecule has 1 saturated heterocycles. The molecule has 10 atom stereocenters. The SMILES string of the molecule is CSCC[C@H](NC(=O)[C@H](CC(C)C)NC(=O)[C@H](CCSC)NC(=O)[C@@H]1CCCN1C(=O)[C@H](Cc1cnc[nH]1)NC(=O)[C@@H](N)CC(N)=O)C(=O)N[C@@H](CC(N)=O)C(=O)N[C@@H](CC(C)C)C(=O)N[C@@H](CC(C)C)C(=O)N[C@H](C=O)CCCCN. The fraction of sp³-hybridized carbons (Fsp3) is 0.717. The fourth-order valence-electron chi connectivity index (χ4n) is 9.03. The smallest absolute Gasteiger partial charge is 0.246 e. The number of carbonyl (C=O) groups is 12. The summed E-state index contributed by atoms with van der Waals surface area (Å²) < 4.78 is 0. The maximum atomic E-state index is 14.3. The van der Waals surface area contributed by atoms with Crippen LogP contribution in [0.3, 0.4) is 0 Å². The predicted molar refractivity (Wildman–Crippen MR) is 311 cm³/mol. The fourth-order valence-corrected chi connectivity index (χ4v) is 9.97. The molecule has 0 saturated carbocycles. The molecule has 0 radical (unpaired) electrons. The van der Waals surface area contributed by atoms with Crippen LogP contribution in [-0.2, 0) is 64.0 Å². The number of imidazole rings is 1. The zero-order chi connectivity index (χ0) is 61.6. The first-order valence-electron chi connectivity index (χ1n) is 27.9. The van der Waals surface area contributed by atoms with Crippen LogP contribution in [0.4, 0.5) is 0 Å². The number of aromatic amines is 1. The van der Waals surface area contributed by atoms with Crippen LogP contribution in [-0.4, -0.2) is 184 Å². The highest BCUT2D eigenvalue weighted by Gasteiger charge is 2.41. The number of nitrogens with zero attached hydrogens (tertiary/aromatic N) is 2. The van der Waals surface area contributed by atoms with Crippen molar-refractivity contribution in [1.82, 2.24) is 57.4 Å². The molecular formula is C53H91N15O12S2. The zero-order valence-electron chi connectivity index (χ0n) is 48.7. The van der Waals surface area contributed by atoms with Gasteiger partial charge in [-0.05, 0) is 113 Å². The number of amides is 11. The van der Waals surface area contributed by atoms with Gasteiger partial charge in [-0.1, -0.05) is 41.5 Å². The summed E-state index contributed by atoms with van der Waals surface area (Å²) >= 11 is 2.75. The highest BCUT2D eigenvalue weighted by molar-refractivity contribution is 7.98. The van der Waals surface area contributed by atoms with Crippen molar-refractivity contribution in [2.24, 2.45) is 40.7 Å². The molecule has 1 aromatic rings. The summed E-state index contributed by atoms with van der Waals surface area (Å²) in [6, 6.07) is -12.3. The van der Waals surface area contributed by atoms with E-state index in [2.05, 4.69) is 52.5 Å². The number of thioether (sulfide) groups is 2. The molecule has 82 heavy (non-hydrogen) atoms. The lowest BCUT2D eigenvalue weighted by Crippen LogP contribution is -2.61. The molecule has 17 N–H and O–H groups in total. The van der Waals surface area contributed by atoms with Gasteiger partial charge in [0.25, 0.3) is 0 Å². The van der Waals surface area contributed by atoms with E-state index in [0.29, 0.717) is 55.7 Å². The first-order valence-corrected chi connectivity index (χ1v) is 30.7. The number of carbonyl (C=O) groups excluding carboxylic acids is 12. The van der Waals surface area contributed by atoms with Crippen molar-refractivity contribution in [3.8, 4) is 0 Å². The summed E-state index contributed by atoms with van der Waals surface area (Å²) in [6.07, 6.45) is 8.48. The van der Waals surface area contributed by atoms with Crippen LogP contribution < -0.4 is 65.5 Å². The molecule has 0 aliphatic carbocycles. The minimum Gasteiger partial charge on any atom is -0.370 e. The Bertz CT molecular complexity index is 2280. The van der Waals surface area contributed by atoms with Crippen molar-refractivity contribution in [3.05, 3.63) is 18.2 Å². The van der Waals surface area contributed by atoms with Crippen molar-refractivity contribution >= 4 is 94.8 Å². The van der Waals surface area contributed by atoms with E-state index >= 15 is 0 Å². The van der Waals surface area contributed by atoms with Crippen molar-refractivity contribution in [2.75, 3.05) is 37.1 Å². The molecule has 2 rings (SSSR count). The maximum absolute atomic E-state index is 14.3. The third kappa shape index (κ3) is 26.3. The number of nitrogens with one attached hydrogen (secondary N) is 9. The topological polar surface area (TPSA) is 437 Å². The molecule has 0 spiro atoms. The second-order valence-corrected chi connectivity index (χ2v) is 23.8. The molecule has 2 heterocycles. The van der Waals surface area contributed by atoms with Gasteiger partial charge in [0.15, 0.2) is 0 Å². The van der Waals surface area contributed by atoms with Gasteiger partial charge in [0, 0.05) is 24.9 Å². The highest BCUT2D eigenvalue weighted by atomic mass is 32.2. The largest absolute Gasteiger partial charge is 0.370 e. The third-order valence-corrected chi connectivity index (χ3v) is 14.5. The van der Waals surface area contributed by atoms with Crippen LogP contribution in [0.1, 0.15) is 124 Å². The van der Waals surface area contributed by atoms with Crippen molar-refractivity contribution < 1.29 is 57.5 Å². The second-order valence-electron chi connectivity index (χ2n) is 21.8. The lowest BCUT2D eigenvalue weighted by Gasteiger charge is -2.30. The summed E-state index contributed by atoms with van der Waals surface area (Å²) in [6.45, 7) is 11.5. The molecule has 0 aromatic carbocycles. The lowest BCUT2D eigenvalue weighted by atomic mass is 9.99. The van der Waals surface area contributed by atoms with E-state index < -0.39 is 138 Å². The van der Waals surface area contributed by atoms with Crippen LogP contribution >= 0.6 is 23.5 Å². The van der Waals surface area contributed by atoms with E-state index in [0.717, 1.165) is 0 Å². The average Bonchev–Trinajstić information content (AvgIpc) is 4.25. The Morgan fingerprint density at radius 3 is 1.52 bits per heavy atom. The Kier molecular flexibility index (Phi) is 33.0. The van der Waals surface area contributed by atoms with Gasteiger partial charge in [0.05, 0.1) is 31.3 Å². The Morgan fingerprint density at radius 2 is 1.07 bits per heavy atom. The van der Waals surface area contributed by atoms with Crippen LogP contribution in [0.15, 0.2) is 12.5 Å². The molecule has 1 aliphatic rings. The third-order valence-electron chi connectivity index (χ3n) is 13.2. The number of likely N-dealkylation sites (tertiary alicyclic amines) is 1. The van der Waals surface area contributed by atoms with E-state index in [1.165, 1.54) is 40.9 Å². The van der Waals surface area contributed by atoms with Crippen LogP contribution in [0.5, 0.6) is 0 Å². The van der Waals surface area contributed by atoms with Crippen LogP contribution in [0.2, 0.25) is 0 Å². The predicted octanol–water partition coefficient (Wildman–Crippen LogP) is -2.13. The number of H-pyrrole nitrogens is 1. The van der Waals surface area contributed by atoms with Crippen molar-refractivity contribution in [1.29, 1.82) is 0 Å². The molecule has 1 aromatic heterocycles. The van der Waals surface area contributed by atoms with Gasteiger partial charge in [-0.3, -0.25) is 52.7 Å². The quantitative estimate of drug-likeness (QED) is 0.0247. The minimum absolute atomic E-state index is 0.0251. The van der Waals surface area contributed by atoms with Gasteiger partial charge in [-0.15, -0.1) is 0 Å². The summed E-state index contributed by atoms with van der Waals surface area (Å²) in [7, 11) is 0. The highest BCUT2D eigenvalue weighted by Crippen LogP contribution is 2.21. The molecule has 0 bridgehead atoms. The Balaban J connectivity index is 2.37. The molecule has 11 amide bonds. The summed E-state index contributed by atoms with van der Waals surface area (Å²) in [5.41, 5.74) is 22.8. The van der Waals surface area contributed by atoms with Crippen LogP contribution in [0.25, 0.3) is 0 Å². The van der Waals surface area contributed by atoms with E-state index in [1.807, 2.05) is 27.7 Å². The summed E-state index contributed by atoms with van der Waals surface area (Å²) in [5, 5.41) is 21.4. The second kappa shape index (κ2) is 37.7. The number of rotatable bonds is 40. The van der Waals surface area contributed by atoms with Crippen molar-refractivity contribution in [2.45, 2.75) is 185 Å². The maximum Gasteiger partial charge on any atom is 0.246 e. The number of primary amides is 2. The number of nitrogens with two attached hydrogens (primary N) is 4. The molecule has 462 valence electrons. The number of aldehydes is 1. The van der Waals surface area contributed by atoms with Gasteiger partial charge < -0.3 is 80.1 Å².